The van der Waals surface area contributed by atoms with Gasteiger partial charge in [-0.2, -0.15) is 13.2 Å². The van der Waals surface area contributed by atoms with Crippen LogP contribution in [0.25, 0.3) is 11.0 Å². The van der Waals surface area contributed by atoms with Gasteiger partial charge in [-0.25, -0.2) is 4.98 Å². The Bertz CT molecular complexity index is 674. The number of H-pyrrole nitrogens is 1. The summed E-state index contributed by atoms with van der Waals surface area (Å²) in [6, 6.07) is 3.01. The van der Waals surface area contributed by atoms with Crippen molar-refractivity contribution in [3.63, 3.8) is 0 Å². The Morgan fingerprint density at radius 3 is 2.39 bits per heavy atom. The SMILES string of the molecule is CC(c1nc2ccc(C(F)(F)F)cc2[nH]1)[C@@H](O)[C@@H](O)C(O)CO. The summed E-state index contributed by atoms with van der Waals surface area (Å²) in [5.74, 6) is -0.635. The second-order valence-electron chi connectivity index (χ2n) is 5.37. The Labute approximate surface area is 129 Å². The lowest BCUT2D eigenvalue weighted by Crippen LogP contribution is -2.42. The lowest BCUT2D eigenvalue weighted by atomic mass is 9.96. The maximum Gasteiger partial charge on any atom is 0.416 e. The minimum atomic E-state index is -4.48. The molecule has 0 aliphatic heterocycles. The maximum atomic E-state index is 12.7. The number of rotatable bonds is 5. The number of alkyl halides is 3. The molecule has 128 valence electrons. The summed E-state index contributed by atoms with van der Waals surface area (Å²) in [5.41, 5.74) is -0.403. The normalized spacial score (nSPS) is 17.9. The highest BCUT2D eigenvalue weighted by Crippen LogP contribution is 2.31. The van der Waals surface area contributed by atoms with Crippen molar-refractivity contribution >= 4 is 11.0 Å². The number of hydrogen-bond acceptors (Lipinski definition) is 5. The quantitative estimate of drug-likeness (QED) is 0.555. The summed E-state index contributed by atoms with van der Waals surface area (Å²) >= 11 is 0. The Morgan fingerprint density at radius 2 is 1.83 bits per heavy atom. The van der Waals surface area contributed by atoms with Gasteiger partial charge in [0.05, 0.1) is 29.3 Å². The van der Waals surface area contributed by atoms with Crippen LogP contribution in [0, 0.1) is 0 Å². The van der Waals surface area contributed by atoms with Crippen LogP contribution in [0.15, 0.2) is 18.2 Å². The first kappa shape index (κ1) is 17.7. The highest BCUT2D eigenvalue weighted by atomic mass is 19.4. The van der Waals surface area contributed by atoms with E-state index in [1.165, 1.54) is 13.0 Å². The number of hydrogen-bond donors (Lipinski definition) is 5. The predicted molar refractivity (Wildman–Crippen MR) is 74.6 cm³/mol. The molecule has 0 amide bonds. The van der Waals surface area contributed by atoms with Crippen molar-refractivity contribution < 1.29 is 33.6 Å². The first-order chi connectivity index (χ1) is 10.6. The van der Waals surface area contributed by atoms with Crippen molar-refractivity contribution in [3.8, 4) is 0 Å². The van der Waals surface area contributed by atoms with Crippen LogP contribution in [0.4, 0.5) is 13.2 Å². The van der Waals surface area contributed by atoms with Gasteiger partial charge in [0, 0.05) is 5.92 Å². The average Bonchev–Trinajstić information content (AvgIpc) is 2.94. The molecule has 4 atom stereocenters. The number of halogens is 3. The van der Waals surface area contributed by atoms with E-state index in [2.05, 4.69) is 9.97 Å². The van der Waals surface area contributed by atoms with Crippen LogP contribution in [0.2, 0.25) is 0 Å². The molecule has 0 spiro atoms. The van der Waals surface area contributed by atoms with E-state index in [9.17, 15) is 28.5 Å². The predicted octanol–water partition coefficient (Wildman–Crippen LogP) is 0.760. The van der Waals surface area contributed by atoms with E-state index in [4.69, 9.17) is 5.11 Å². The molecule has 1 heterocycles. The summed E-state index contributed by atoms with van der Waals surface area (Å²) < 4.78 is 38.1. The van der Waals surface area contributed by atoms with Crippen LogP contribution in [0.1, 0.15) is 24.2 Å². The Kier molecular flexibility index (Phi) is 4.95. The first-order valence-corrected chi connectivity index (χ1v) is 6.87. The summed E-state index contributed by atoms with van der Waals surface area (Å²) in [6.07, 6.45) is -9.09. The van der Waals surface area contributed by atoms with Crippen molar-refractivity contribution in [2.45, 2.75) is 37.3 Å². The van der Waals surface area contributed by atoms with Crippen molar-refractivity contribution in [1.82, 2.24) is 9.97 Å². The monoisotopic (exact) mass is 334 g/mol. The number of nitrogens with zero attached hydrogens (tertiary/aromatic N) is 1. The van der Waals surface area contributed by atoms with Crippen LogP contribution in [-0.4, -0.2) is 55.3 Å². The summed E-state index contributed by atoms with van der Waals surface area (Å²) in [4.78, 5) is 6.76. The van der Waals surface area contributed by atoms with E-state index in [1.54, 1.807) is 0 Å². The van der Waals surface area contributed by atoms with Gasteiger partial charge in [0.1, 0.15) is 18.0 Å². The number of imidazole rings is 1. The van der Waals surface area contributed by atoms with Gasteiger partial charge in [0.2, 0.25) is 0 Å². The molecule has 0 saturated heterocycles. The van der Waals surface area contributed by atoms with Gasteiger partial charge in [-0.05, 0) is 18.2 Å². The van der Waals surface area contributed by atoms with E-state index < -0.39 is 42.6 Å². The van der Waals surface area contributed by atoms with Gasteiger partial charge < -0.3 is 25.4 Å². The smallest absolute Gasteiger partial charge is 0.394 e. The molecule has 0 aliphatic rings. The van der Waals surface area contributed by atoms with E-state index in [1.807, 2.05) is 0 Å². The topological polar surface area (TPSA) is 110 Å². The molecule has 0 saturated carbocycles. The van der Waals surface area contributed by atoms with Crippen LogP contribution in [0.5, 0.6) is 0 Å². The number of fused-ring (bicyclic) bond motifs is 1. The zero-order valence-corrected chi connectivity index (χ0v) is 12.1. The molecule has 0 bridgehead atoms. The highest BCUT2D eigenvalue weighted by molar-refractivity contribution is 5.76. The number of nitrogens with one attached hydrogen (secondary N) is 1. The van der Waals surface area contributed by atoms with Crippen LogP contribution >= 0.6 is 0 Å². The third-order valence-electron chi connectivity index (χ3n) is 3.70. The maximum absolute atomic E-state index is 12.7. The highest BCUT2D eigenvalue weighted by Gasteiger charge is 2.32. The standard InChI is InChI=1S/C14H17F3N2O4/c1-6(11(22)12(23)10(21)5-20)13-18-8-3-2-7(14(15,16)17)4-9(8)19-13/h2-4,6,10-12,20-23H,5H2,1H3,(H,18,19)/t6?,10?,11-,12+/m1/s1. The fraction of sp³-hybridized carbons (Fsp3) is 0.500. The van der Waals surface area contributed by atoms with Crippen LogP contribution in [0.3, 0.4) is 0 Å². The van der Waals surface area contributed by atoms with Crippen molar-refractivity contribution in [2.75, 3.05) is 6.61 Å². The molecule has 2 unspecified atom stereocenters. The minimum Gasteiger partial charge on any atom is -0.394 e. The van der Waals surface area contributed by atoms with E-state index in [0.717, 1.165) is 12.1 Å². The second-order valence-corrected chi connectivity index (χ2v) is 5.37. The molecular weight excluding hydrogens is 317 g/mol. The largest absolute Gasteiger partial charge is 0.416 e. The van der Waals surface area contributed by atoms with E-state index in [-0.39, 0.29) is 16.9 Å². The fourth-order valence-corrected chi connectivity index (χ4v) is 2.21. The molecule has 0 fully saturated rings. The second kappa shape index (κ2) is 6.44. The van der Waals surface area contributed by atoms with Crippen molar-refractivity contribution in [1.29, 1.82) is 0 Å². The van der Waals surface area contributed by atoms with Gasteiger partial charge in [0.15, 0.2) is 0 Å². The number of aromatic amines is 1. The molecular formula is C14H17F3N2O4. The zero-order valence-electron chi connectivity index (χ0n) is 12.1. The molecule has 5 N–H and O–H groups in total. The number of benzene rings is 1. The van der Waals surface area contributed by atoms with E-state index in [0.29, 0.717) is 0 Å². The molecule has 1 aromatic heterocycles. The van der Waals surface area contributed by atoms with Gasteiger partial charge in [0.25, 0.3) is 0 Å². The van der Waals surface area contributed by atoms with Crippen LogP contribution < -0.4 is 0 Å². The number of aromatic nitrogens is 2. The molecule has 0 radical (unpaired) electrons. The Morgan fingerprint density at radius 1 is 1.17 bits per heavy atom. The van der Waals surface area contributed by atoms with Gasteiger partial charge >= 0.3 is 6.18 Å². The molecule has 23 heavy (non-hydrogen) atoms. The molecule has 1 aromatic carbocycles. The van der Waals surface area contributed by atoms with Crippen molar-refractivity contribution in [2.24, 2.45) is 0 Å². The zero-order chi connectivity index (χ0) is 17.4. The van der Waals surface area contributed by atoms with E-state index >= 15 is 0 Å². The van der Waals surface area contributed by atoms with Gasteiger partial charge in [-0.15, -0.1) is 0 Å². The molecule has 0 aliphatic carbocycles. The summed E-state index contributed by atoms with van der Waals surface area (Å²) in [6.45, 7) is 0.750. The molecule has 6 nitrogen and oxygen atoms in total. The van der Waals surface area contributed by atoms with Gasteiger partial charge in [-0.3, -0.25) is 0 Å². The van der Waals surface area contributed by atoms with Crippen molar-refractivity contribution in [3.05, 3.63) is 29.6 Å². The Balaban J connectivity index is 2.29. The lowest BCUT2D eigenvalue weighted by Gasteiger charge is -2.25. The molecule has 2 rings (SSSR count). The summed E-state index contributed by atoms with van der Waals surface area (Å²) in [7, 11) is 0. The number of aliphatic hydroxyl groups excluding tert-OH is 4. The lowest BCUT2D eigenvalue weighted by molar-refractivity contribution is -0.137. The third-order valence-corrected chi connectivity index (χ3v) is 3.70. The number of aliphatic hydroxyl groups is 4. The Hall–Kier alpha value is -1.68. The molecule has 2 aromatic rings. The summed E-state index contributed by atoms with van der Waals surface area (Å²) in [5, 5.41) is 37.8. The average molecular weight is 334 g/mol. The van der Waals surface area contributed by atoms with Crippen LogP contribution in [-0.2, 0) is 6.18 Å². The minimum absolute atomic E-state index is 0.145. The third kappa shape index (κ3) is 3.63. The fourth-order valence-electron chi connectivity index (χ4n) is 2.21. The molecule has 9 heteroatoms. The first-order valence-electron chi connectivity index (χ1n) is 6.87. The van der Waals surface area contributed by atoms with Gasteiger partial charge in [-0.1, -0.05) is 6.92 Å².